The first-order valence-electron chi connectivity index (χ1n) is 4.08. The summed E-state index contributed by atoms with van der Waals surface area (Å²) in [6, 6.07) is 8.35. The van der Waals surface area contributed by atoms with Crippen molar-refractivity contribution in [3.05, 3.63) is 30.0 Å². The van der Waals surface area contributed by atoms with E-state index in [-0.39, 0.29) is 0 Å². The van der Waals surface area contributed by atoms with Gasteiger partial charge in [0.05, 0.1) is 0 Å². The minimum absolute atomic E-state index is 1.10. The fraction of sp³-hybridized carbons (Fsp3) is 0.200. The van der Waals surface area contributed by atoms with Crippen LogP contribution in [-0.4, -0.2) is 12.0 Å². The summed E-state index contributed by atoms with van der Waals surface area (Å²) in [5.41, 5.74) is 1.22. The molecule has 1 aromatic carbocycles. The molecule has 0 aliphatic carbocycles. The van der Waals surface area contributed by atoms with Gasteiger partial charge in [0, 0.05) is 23.5 Å². The van der Waals surface area contributed by atoms with Gasteiger partial charge in [-0.15, -0.1) is 0 Å². The van der Waals surface area contributed by atoms with Crippen LogP contribution in [0.15, 0.2) is 24.3 Å². The summed E-state index contributed by atoms with van der Waals surface area (Å²) < 4.78 is 0. The van der Waals surface area contributed by atoms with E-state index in [1.165, 1.54) is 16.5 Å². The van der Waals surface area contributed by atoms with Crippen LogP contribution in [0, 0.1) is 6.92 Å². The lowest BCUT2D eigenvalue weighted by molar-refractivity contribution is 1.26. The van der Waals surface area contributed by atoms with Gasteiger partial charge in [-0.05, 0) is 6.92 Å². The maximum atomic E-state index is 3.29. The topological polar surface area (TPSA) is 27.8 Å². The zero-order chi connectivity index (χ0) is 8.55. The number of aryl methyl sites for hydroxylation is 1. The minimum atomic E-state index is 1.10. The number of hydrogen-bond acceptors (Lipinski definition) is 1. The molecule has 12 heavy (non-hydrogen) atoms. The van der Waals surface area contributed by atoms with E-state index in [2.05, 4.69) is 41.5 Å². The van der Waals surface area contributed by atoms with Crippen molar-refractivity contribution >= 4 is 16.6 Å². The van der Waals surface area contributed by atoms with Gasteiger partial charge < -0.3 is 10.3 Å². The van der Waals surface area contributed by atoms with Crippen molar-refractivity contribution in [1.29, 1.82) is 0 Å². The van der Waals surface area contributed by atoms with E-state index in [1.54, 1.807) is 0 Å². The summed E-state index contributed by atoms with van der Waals surface area (Å²) in [7, 11) is 1.93. The Hall–Kier alpha value is -1.44. The maximum Gasteiger partial charge on any atom is 0.111 e. The normalized spacial score (nSPS) is 10.5. The van der Waals surface area contributed by atoms with Crippen molar-refractivity contribution in [2.45, 2.75) is 6.92 Å². The van der Waals surface area contributed by atoms with Gasteiger partial charge in [-0.1, -0.05) is 24.3 Å². The molecule has 0 aliphatic rings. The number of aromatic nitrogens is 1. The van der Waals surface area contributed by atoms with Crippen LogP contribution in [0.4, 0.5) is 5.82 Å². The van der Waals surface area contributed by atoms with Crippen LogP contribution in [0.3, 0.4) is 0 Å². The molecule has 1 heterocycles. The smallest absolute Gasteiger partial charge is 0.111 e. The Morgan fingerprint density at radius 3 is 2.50 bits per heavy atom. The number of anilines is 1. The Morgan fingerprint density at radius 1 is 1.17 bits per heavy atom. The molecule has 0 unspecified atom stereocenters. The average Bonchev–Trinajstić information content (AvgIpc) is 2.44. The van der Waals surface area contributed by atoms with Crippen LogP contribution in [0.2, 0.25) is 0 Å². The van der Waals surface area contributed by atoms with Gasteiger partial charge in [0.1, 0.15) is 5.82 Å². The van der Waals surface area contributed by atoms with Gasteiger partial charge in [-0.2, -0.15) is 0 Å². The number of H-pyrrole nitrogens is 1. The SMILES string of the molecule is CNc1[nH]c(C)c2ccccc12. The molecule has 0 aliphatic heterocycles. The Labute approximate surface area is 71.6 Å². The van der Waals surface area contributed by atoms with Crippen molar-refractivity contribution in [1.82, 2.24) is 4.98 Å². The lowest BCUT2D eigenvalue weighted by atomic mass is 10.2. The zero-order valence-corrected chi connectivity index (χ0v) is 7.31. The molecule has 0 bridgehead atoms. The monoisotopic (exact) mass is 160 g/mol. The van der Waals surface area contributed by atoms with E-state index in [0.717, 1.165) is 5.82 Å². The average molecular weight is 160 g/mol. The quantitative estimate of drug-likeness (QED) is 0.659. The molecule has 2 rings (SSSR count). The predicted octanol–water partition coefficient (Wildman–Crippen LogP) is 2.52. The molecule has 0 radical (unpaired) electrons. The molecule has 2 N–H and O–H groups in total. The largest absolute Gasteiger partial charge is 0.374 e. The molecule has 2 nitrogen and oxygen atoms in total. The number of rotatable bonds is 1. The first-order chi connectivity index (χ1) is 5.83. The molecule has 0 atom stereocenters. The van der Waals surface area contributed by atoms with Crippen molar-refractivity contribution < 1.29 is 0 Å². The third-order valence-electron chi connectivity index (χ3n) is 2.16. The van der Waals surface area contributed by atoms with Crippen LogP contribution in [0.1, 0.15) is 5.69 Å². The van der Waals surface area contributed by atoms with Crippen LogP contribution < -0.4 is 5.32 Å². The van der Waals surface area contributed by atoms with Crippen molar-refractivity contribution in [2.75, 3.05) is 12.4 Å². The molecule has 0 fully saturated rings. The molecule has 62 valence electrons. The van der Waals surface area contributed by atoms with E-state index in [4.69, 9.17) is 0 Å². The predicted molar refractivity (Wildman–Crippen MR) is 52.6 cm³/mol. The van der Waals surface area contributed by atoms with Gasteiger partial charge in [-0.3, -0.25) is 0 Å². The molecule has 0 spiro atoms. The van der Waals surface area contributed by atoms with Gasteiger partial charge >= 0.3 is 0 Å². The molecule has 2 aromatic rings. The fourth-order valence-corrected chi connectivity index (χ4v) is 1.55. The molecular formula is C10H12N2. The number of nitrogens with one attached hydrogen (secondary N) is 2. The Balaban J connectivity index is 2.82. The van der Waals surface area contributed by atoms with E-state index in [9.17, 15) is 0 Å². The van der Waals surface area contributed by atoms with Gasteiger partial charge in [-0.25, -0.2) is 0 Å². The molecule has 0 amide bonds. The first-order valence-corrected chi connectivity index (χ1v) is 4.08. The second kappa shape index (κ2) is 2.55. The lowest BCUT2D eigenvalue weighted by Gasteiger charge is -1.94. The van der Waals surface area contributed by atoms with Crippen molar-refractivity contribution in [2.24, 2.45) is 0 Å². The lowest BCUT2D eigenvalue weighted by Crippen LogP contribution is -1.87. The molecular weight excluding hydrogens is 148 g/mol. The van der Waals surface area contributed by atoms with E-state index in [1.807, 2.05) is 7.05 Å². The highest BCUT2D eigenvalue weighted by Crippen LogP contribution is 2.24. The summed E-state index contributed by atoms with van der Waals surface area (Å²) in [6.07, 6.45) is 0. The highest BCUT2D eigenvalue weighted by atomic mass is 15.0. The number of fused-ring (bicyclic) bond motifs is 1. The van der Waals surface area contributed by atoms with Crippen molar-refractivity contribution in [3.8, 4) is 0 Å². The molecule has 0 saturated heterocycles. The standard InChI is InChI=1S/C10H12N2/c1-7-8-5-3-4-6-9(8)10(11-2)12-7/h3-6,11-12H,1-2H3. The van der Waals surface area contributed by atoms with Gasteiger partial charge in [0.2, 0.25) is 0 Å². The van der Waals surface area contributed by atoms with Crippen LogP contribution in [0.25, 0.3) is 10.8 Å². The van der Waals surface area contributed by atoms with E-state index >= 15 is 0 Å². The van der Waals surface area contributed by atoms with Gasteiger partial charge in [0.25, 0.3) is 0 Å². The number of benzene rings is 1. The van der Waals surface area contributed by atoms with Gasteiger partial charge in [0.15, 0.2) is 0 Å². The fourth-order valence-electron chi connectivity index (χ4n) is 1.55. The van der Waals surface area contributed by atoms with Crippen molar-refractivity contribution in [3.63, 3.8) is 0 Å². The second-order valence-electron chi connectivity index (χ2n) is 2.92. The summed E-state index contributed by atoms with van der Waals surface area (Å²) in [5.74, 6) is 1.10. The molecule has 1 aromatic heterocycles. The first kappa shape index (κ1) is 7.22. The highest BCUT2D eigenvalue weighted by molar-refractivity contribution is 5.95. The third-order valence-corrected chi connectivity index (χ3v) is 2.16. The number of aromatic amines is 1. The zero-order valence-electron chi connectivity index (χ0n) is 7.31. The molecule has 2 heteroatoms. The molecule has 0 saturated carbocycles. The van der Waals surface area contributed by atoms with Crippen LogP contribution >= 0.6 is 0 Å². The maximum absolute atomic E-state index is 3.29. The van der Waals surface area contributed by atoms with E-state index < -0.39 is 0 Å². The summed E-state index contributed by atoms with van der Waals surface area (Å²) >= 11 is 0. The Kier molecular flexibility index (Phi) is 1.54. The second-order valence-corrected chi connectivity index (χ2v) is 2.92. The summed E-state index contributed by atoms with van der Waals surface area (Å²) in [4.78, 5) is 3.29. The Morgan fingerprint density at radius 2 is 1.83 bits per heavy atom. The Bertz CT molecular complexity index is 401. The van der Waals surface area contributed by atoms with Crippen LogP contribution in [0.5, 0.6) is 0 Å². The highest BCUT2D eigenvalue weighted by Gasteiger charge is 2.03. The summed E-state index contributed by atoms with van der Waals surface area (Å²) in [6.45, 7) is 2.09. The van der Waals surface area contributed by atoms with E-state index in [0.29, 0.717) is 0 Å². The van der Waals surface area contributed by atoms with Crippen LogP contribution in [-0.2, 0) is 0 Å². The number of hydrogen-bond donors (Lipinski definition) is 2. The minimum Gasteiger partial charge on any atom is -0.374 e. The third kappa shape index (κ3) is 0.881. The summed E-state index contributed by atoms with van der Waals surface area (Å²) in [5, 5.41) is 5.69.